The number of imide groups is 1. The van der Waals surface area contributed by atoms with Crippen molar-refractivity contribution in [3.05, 3.63) is 71.4 Å². The predicted octanol–water partition coefficient (Wildman–Crippen LogP) is 4.17. The lowest BCUT2D eigenvalue weighted by Gasteiger charge is -2.35. The van der Waals surface area contributed by atoms with Crippen molar-refractivity contribution in [1.29, 1.82) is 0 Å². The molecule has 0 unspecified atom stereocenters. The van der Waals surface area contributed by atoms with Gasteiger partial charge in [0.25, 0.3) is 5.91 Å². The van der Waals surface area contributed by atoms with Crippen LogP contribution < -0.4 is 10.6 Å². The number of nitrogens with zero attached hydrogens (tertiary/aromatic N) is 1. The number of rotatable bonds is 6. The first-order chi connectivity index (χ1) is 16.3. The average molecular weight is 461 g/mol. The van der Waals surface area contributed by atoms with Gasteiger partial charge in [-0.05, 0) is 61.4 Å². The number of aromatic nitrogens is 1. The minimum absolute atomic E-state index is 0.0783. The van der Waals surface area contributed by atoms with E-state index in [0.717, 1.165) is 34.9 Å². The number of aromatic amines is 1. The third kappa shape index (κ3) is 4.23. The van der Waals surface area contributed by atoms with Crippen molar-refractivity contribution in [2.75, 3.05) is 0 Å². The van der Waals surface area contributed by atoms with Gasteiger partial charge in [0.15, 0.2) is 0 Å². The van der Waals surface area contributed by atoms with Crippen LogP contribution in [0.25, 0.3) is 10.9 Å². The number of carbonyl (C=O) groups is 3. The quantitative estimate of drug-likeness (QED) is 0.480. The number of carbonyl (C=O) groups excluding carboxylic acids is 3. The van der Waals surface area contributed by atoms with E-state index in [1.165, 1.54) is 10.5 Å². The van der Waals surface area contributed by atoms with Crippen LogP contribution in [0.2, 0.25) is 0 Å². The fourth-order valence-corrected chi connectivity index (χ4v) is 4.69. The first-order valence-corrected chi connectivity index (χ1v) is 11.5. The number of H-pyrrole nitrogens is 1. The van der Waals surface area contributed by atoms with E-state index in [-0.39, 0.29) is 31.1 Å². The van der Waals surface area contributed by atoms with E-state index in [1.54, 1.807) is 13.8 Å². The Balaban J connectivity index is 1.19. The Labute approximate surface area is 197 Å². The van der Waals surface area contributed by atoms with Crippen LogP contribution >= 0.6 is 0 Å². The standard InChI is InChI=1S/C26H28N4O4/c1-26(2)23(31)30(24(32)29-26)14-17-8-9-22-20(10-17)21(13-27-22)18-11-19(12-18)28-25(33)34-15-16-6-4-3-5-7-16/h3-10,13,18-19,27H,11-12,14-15H2,1-2H3,(H,28,33)(H,29,32). The van der Waals surface area contributed by atoms with Gasteiger partial charge < -0.3 is 20.4 Å². The average Bonchev–Trinajstić information content (AvgIpc) is 3.28. The molecular weight excluding hydrogens is 432 g/mol. The van der Waals surface area contributed by atoms with E-state index >= 15 is 0 Å². The molecule has 8 heteroatoms. The Kier molecular flexibility index (Phi) is 5.51. The number of urea groups is 1. The van der Waals surface area contributed by atoms with Crippen LogP contribution in [0.5, 0.6) is 0 Å². The third-order valence-electron chi connectivity index (χ3n) is 6.68. The molecule has 1 aromatic heterocycles. The summed E-state index contributed by atoms with van der Waals surface area (Å²) in [5, 5.41) is 6.74. The summed E-state index contributed by atoms with van der Waals surface area (Å²) in [5.41, 5.74) is 3.17. The molecule has 1 saturated carbocycles. The van der Waals surface area contributed by atoms with Gasteiger partial charge in [0.2, 0.25) is 0 Å². The van der Waals surface area contributed by atoms with Crippen molar-refractivity contribution in [3.63, 3.8) is 0 Å². The summed E-state index contributed by atoms with van der Waals surface area (Å²) < 4.78 is 5.32. The molecule has 3 N–H and O–H groups in total. The van der Waals surface area contributed by atoms with Gasteiger partial charge in [-0.25, -0.2) is 9.59 Å². The second-order valence-corrected chi connectivity index (χ2v) is 9.64. The predicted molar refractivity (Wildman–Crippen MR) is 127 cm³/mol. The summed E-state index contributed by atoms with van der Waals surface area (Å²) in [4.78, 5) is 41.5. The molecule has 8 nitrogen and oxygen atoms in total. The van der Waals surface area contributed by atoms with Gasteiger partial charge in [-0.3, -0.25) is 9.69 Å². The molecule has 176 valence electrons. The molecule has 1 aliphatic carbocycles. The van der Waals surface area contributed by atoms with Crippen LogP contribution in [-0.4, -0.2) is 39.5 Å². The fourth-order valence-electron chi connectivity index (χ4n) is 4.69. The lowest BCUT2D eigenvalue weighted by molar-refractivity contribution is -0.130. The second-order valence-electron chi connectivity index (χ2n) is 9.64. The Morgan fingerprint density at radius 1 is 1.12 bits per heavy atom. The van der Waals surface area contributed by atoms with E-state index in [1.807, 2.05) is 54.7 Å². The van der Waals surface area contributed by atoms with Crippen LogP contribution in [0.1, 0.15) is 49.3 Å². The lowest BCUT2D eigenvalue weighted by Crippen LogP contribution is -2.43. The van der Waals surface area contributed by atoms with Gasteiger partial charge in [0.05, 0.1) is 6.54 Å². The van der Waals surface area contributed by atoms with Crippen molar-refractivity contribution in [2.45, 2.75) is 57.3 Å². The summed E-state index contributed by atoms with van der Waals surface area (Å²) >= 11 is 0. The summed E-state index contributed by atoms with van der Waals surface area (Å²) in [6, 6.07) is 15.3. The lowest BCUT2D eigenvalue weighted by atomic mass is 9.76. The molecule has 4 amide bonds. The smallest absolute Gasteiger partial charge is 0.407 e. The fraction of sp³-hybridized carbons (Fsp3) is 0.346. The van der Waals surface area contributed by atoms with Crippen LogP contribution in [0.15, 0.2) is 54.7 Å². The van der Waals surface area contributed by atoms with Gasteiger partial charge >= 0.3 is 12.1 Å². The number of alkyl carbamates (subject to hydrolysis) is 1. The van der Waals surface area contributed by atoms with Gasteiger partial charge in [-0.1, -0.05) is 36.4 Å². The minimum atomic E-state index is -0.878. The first kappa shape index (κ1) is 22.0. The van der Waals surface area contributed by atoms with Gasteiger partial charge in [0.1, 0.15) is 12.1 Å². The topological polar surface area (TPSA) is 104 Å². The highest BCUT2D eigenvalue weighted by Crippen LogP contribution is 2.40. The van der Waals surface area contributed by atoms with E-state index in [4.69, 9.17) is 4.74 Å². The SMILES string of the molecule is CC1(C)NC(=O)N(Cc2ccc3[nH]cc(C4CC(NC(=O)OCc5ccccc5)C4)c3c2)C1=O. The van der Waals surface area contributed by atoms with Crippen molar-refractivity contribution >= 4 is 28.9 Å². The highest BCUT2D eigenvalue weighted by molar-refractivity contribution is 6.06. The summed E-state index contributed by atoms with van der Waals surface area (Å²) in [7, 11) is 0. The van der Waals surface area contributed by atoms with Crippen molar-refractivity contribution in [2.24, 2.45) is 0 Å². The normalized spacial score (nSPS) is 21.3. The maximum atomic E-state index is 12.5. The number of ether oxygens (including phenoxy) is 1. The van der Waals surface area contributed by atoms with Crippen LogP contribution in [0.3, 0.4) is 0 Å². The molecule has 0 bridgehead atoms. The van der Waals surface area contributed by atoms with Crippen LogP contribution in [-0.2, 0) is 22.7 Å². The Morgan fingerprint density at radius 3 is 2.59 bits per heavy atom. The molecule has 5 rings (SSSR count). The molecule has 2 aromatic carbocycles. The minimum Gasteiger partial charge on any atom is -0.445 e. The molecule has 1 aliphatic heterocycles. The van der Waals surface area contributed by atoms with Gasteiger partial charge in [-0.15, -0.1) is 0 Å². The maximum Gasteiger partial charge on any atom is 0.407 e. The zero-order chi connectivity index (χ0) is 23.9. The van der Waals surface area contributed by atoms with Gasteiger partial charge in [-0.2, -0.15) is 0 Å². The number of hydrogen-bond acceptors (Lipinski definition) is 4. The second kappa shape index (κ2) is 8.52. The van der Waals surface area contributed by atoms with E-state index in [0.29, 0.717) is 5.92 Å². The summed E-state index contributed by atoms with van der Waals surface area (Å²) in [5.74, 6) is 0.0954. The van der Waals surface area contributed by atoms with Crippen LogP contribution in [0, 0.1) is 0 Å². The molecule has 2 fully saturated rings. The number of nitrogens with one attached hydrogen (secondary N) is 3. The molecule has 3 aromatic rings. The first-order valence-electron chi connectivity index (χ1n) is 11.5. The Morgan fingerprint density at radius 2 is 1.88 bits per heavy atom. The van der Waals surface area contributed by atoms with Crippen molar-refractivity contribution in [1.82, 2.24) is 20.5 Å². The van der Waals surface area contributed by atoms with Crippen LogP contribution in [0.4, 0.5) is 9.59 Å². The molecule has 2 heterocycles. The molecule has 2 aliphatic rings. The molecule has 1 saturated heterocycles. The maximum absolute atomic E-state index is 12.5. The summed E-state index contributed by atoms with van der Waals surface area (Å²) in [6.45, 7) is 3.90. The van der Waals surface area contributed by atoms with E-state index in [2.05, 4.69) is 15.6 Å². The Bertz CT molecular complexity index is 1240. The molecule has 0 spiro atoms. The molecule has 0 atom stereocenters. The van der Waals surface area contributed by atoms with E-state index < -0.39 is 11.6 Å². The Hall–Kier alpha value is -3.81. The number of hydrogen-bond donors (Lipinski definition) is 3. The third-order valence-corrected chi connectivity index (χ3v) is 6.68. The monoisotopic (exact) mass is 460 g/mol. The largest absolute Gasteiger partial charge is 0.445 e. The molecular formula is C26H28N4O4. The number of fused-ring (bicyclic) bond motifs is 1. The highest BCUT2D eigenvalue weighted by Gasteiger charge is 2.44. The molecule has 0 radical (unpaired) electrons. The van der Waals surface area contributed by atoms with E-state index in [9.17, 15) is 14.4 Å². The number of amides is 4. The number of benzene rings is 2. The molecule has 34 heavy (non-hydrogen) atoms. The zero-order valence-corrected chi connectivity index (χ0v) is 19.3. The van der Waals surface area contributed by atoms with Crippen molar-refractivity contribution in [3.8, 4) is 0 Å². The summed E-state index contributed by atoms with van der Waals surface area (Å²) in [6.07, 6.45) is 3.28. The van der Waals surface area contributed by atoms with Gasteiger partial charge in [0, 0.05) is 23.1 Å². The zero-order valence-electron chi connectivity index (χ0n) is 19.3. The highest BCUT2D eigenvalue weighted by atomic mass is 16.5. The van der Waals surface area contributed by atoms with Crippen molar-refractivity contribution < 1.29 is 19.1 Å².